The summed E-state index contributed by atoms with van der Waals surface area (Å²) in [5, 5.41) is 19.0. The van der Waals surface area contributed by atoms with Crippen molar-refractivity contribution in [3.8, 4) is 0 Å². The quantitative estimate of drug-likeness (QED) is 0.325. The molecule has 7 nitrogen and oxygen atoms in total. The Balaban J connectivity index is 0.00000288. The zero-order valence-electron chi connectivity index (χ0n) is 12.4. The zero-order valence-corrected chi connectivity index (χ0v) is 14.9. The van der Waals surface area contributed by atoms with Gasteiger partial charge >= 0.3 is 0 Å². The van der Waals surface area contributed by atoms with Gasteiger partial charge in [0.1, 0.15) is 5.69 Å². The second-order valence-electron chi connectivity index (χ2n) is 4.57. The van der Waals surface area contributed by atoms with E-state index in [0.29, 0.717) is 12.3 Å². The summed E-state index contributed by atoms with van der Waals surface area (Å²) in [5.41, 5.74) is -0.0581. The summed E-state index contributed by atoms with van der Waals surface area (Å²) >= 11 is 1.61. The number of hydrogen-bond acceptors (Lipinski definition) is 6. The van der Waals surface area contributed by atoms with E-state index in [0.717, 1.165) is 11.0 Å². The van der Waals surface area contributed by atoms with E-state index in [1.54, 1.807) is 11.8 Å². The van der Waals surface area contributed by atoms with Gasteiger partial charge in [-0.2, -0.15) is 0 Å². The molecular formula is C14H16ClN3O4S2. The predicted molar refractivity (Wildman–Crippen MR) is 97.4 cm³/mol. The van der Waals surface area contributed by atoms with Gasteiger partial charge in [-0.3, -0.25) is 10.1 Å². The first kappa shape index (κ1) is 20.2. The van der Waals surface area contributed by atoms with Crippen LogP contribution in [0.1, 0.15) is 0 Å². The largest absolute Gasteiger partial charge is 0.379 e. The maximum atomic E-state index is 11.3. The predicted octanol–water partition coefficient (Wildman–Crippen LogP) is 2.87. The molecule has 0 aliphatic heterocycles. The molecule has 2 aromatic carbocycles. The molecule has 0 unspecified atom stereocenters. The molecule has 0 amide bonds. The average molecular weight is 390 g/mol. The summed E-state index contributed by atoms with van der Waals surface area (Å²) in [7, 11) is -3.97. The third-order valence-electron chi connectivity index (χ3n) is 2.92. The van der Waals surface area contributed by atoms with Crippen LogP contribution < -0.4 is 10.5 Å². The van der Waals surface area contributed by atoms with Crippen molar-refractivity contribution in [1.29, 1.82) is 0 Å². The fourth-order valence-corrected chi connectivity index (χ4v) is 3.18. The van der Waals surface area contributed by atoms with Gasteiger partial charge in [-0.05, 0) is 24.3 Å². The Bertz CT molecular complexity index is 801. The molecule has 0 aliphatic rings. The van der Waals surface area contributed by atoms with Crippen LogP contribution in [0.15, 0.2) is 58.3 Å². The Morgan fingerprint density at radius 2 is 1.83 bits per heavy atom. The summed E-state index contributed by atoms with van der Waals surface area (Å²) in [5.74, 6) is 0.706. The number of nitrogens with two attached hydrogens (primary N) is 1. The van der Waals surface area contributed by atoms with Gasteiger partial charge in [0.05, 0.1) is 9.82 Å². The van der Waals surface area contributed by atoms with Crippen LogP contribution in [-0.4, -0.2) is 25.6 Å². The number of halogens is 1. The Labute approximate surface area is 150 Å². The minimum atomic E-state index is -3.97. The summed E-state index contributed by atoms with van der Waals surface area (Å²) < 4.78 is 22.5. The van der Waals surface area contributed by atoms with E-state index in [-0.39, 0.29) is 28.7 Å². The first-order valence-corrected chi connectivity index (χ1v) is 9.14. The number of nitro benzene ring substituents is 1. The lowest BCUT2D eigenvalue weighted by Crippen LogP contribution is -2.13. The van der Waals surface area contributed by atoms with Crippen molar-refractivity contribution in [2.45, 2.75) is 9.79 Å². The van der Waals surface area contributed by atoms with Crippen molar-refractivity contribution in [1.82, 2.24) is 0 Å². The van der Waals surface area contributed by atoms with Crippen molar-refractivity contribution in [2.24, 2.45) is 5.14 Å². The van der Waals surface area contributed by atoms with E-state index in [9.17, 15) is 18.5 Å². The van der Waals surface area contributed by atoms with Gasteiger partial charge in [0, 0.05) is 23.3 Å². The Hall–Kier alpha value is -1.81. The first-order valence-electron chi connectivity index (χ1n) is 6.61. The van der Waals surface area contributed by atoms with Gasteiger partial charge in [0.15, 0.2) is 0 Å². The molecule has 0 radical (unpaired) electrons. The number of benzene rings is 2. The maximum absolute atomic E-state index is 11.3. The number of nitrogens with one attached hydrogen (secondary N) is 1. The van der Waals surface area contributed by atoms with Gasteiger partial charge in [-0.25, -0.2) is 13.6 Å². The van der Waals surface area contributed by atoms with E-state index < -0.39 is 14.9 Å². The fourth-order valence-electron chi connectivity index (χ4n) is 1.86. The van der Waals surface area contributed by atoms with Gasteiger partial charge in [-0.15, -0.1) is 24.2 Å². The highest BCUT2D eigenvalue weighted by atomic mass is 35.5. The van der Waals surface area contributed by atoms with E-state index in [1.165, 1.54) is 12.1 Å². The van der Waals surface area contributed by atoms with Crippen LogP contribution >= 0.6 is 24.2 Å². The molecular weight excluding hydrogens is 374 g/mol. The molecule has 10 heteroatoms. The summed E-state index contributed by atoms with van der Waals surface area (Å²) in [6.07, 6.45) is 0. The second kappa shape index (κ2) is 8.88. The lowest BCUT2D eigenvalue weighted by molar-refractivity contribution is -0.384. The third kappa shape index (κ3) is 5.68. The topological polar surface area (TPSA) is 115 Å². The molecule has 3 N–H and O–H groups in total. The van der Waals surface area contributed by atoms with Crippen LogP contribution in [0, 0.1) is 10.1 Å². The first-order chi connectivity index (χ1) is 10.9. The Morgan fingerprint density at radius 3 is 2.42 bits per heavy atom. The number of nitro groups is 1. The molecule has 0 saturated carbocycles. The molecule has 0 atom stereocenters. The average Bonchev–Trinajstić information content (AvgIpc) is 2.51. The van der Waals surface area contributed by atoms with Crippen molar-refractivity contribution in [3.63, 3.8) is 0 Å². The van der Waals surface area contributed by atoms with Crippen LogP contribution in [0.2, 0.25) is 0 Å². The van der Waals surface area contributed by atoms with Gasteiger partial charge in [-0.1, -0.05) is 18.2 Å². The molecule has 0 aliphatic carbocycles. The van der Waals surface area contributed by atoms with Crippen molar-refractivity contribution < 1.29 is 13.3 Å². The number of sulfonamides is 1. The highest BCUT2D eigenvalue weighted by Crippen LogP contribution is 2.27. The Kier molecular flexibility index (Phi) is 7.49. The highest BCUT2D eigenvalue weighted by molar-refractivity contribution is 7.99. The number of rotatable bonds is 7. The van der Waals surface area contributed by atoms with Crippen molar-refractivity contribution >= 4 is 45.6 Å². The van der Waals surface area contributed by atoms with Gasteiger partial charge in [0.2, 0.25) is 10.0 Å². The molecule has 0 bridgehead atoms. The molecule has 130 valence electrons. The molecule has 0 fully saturated rings. The van der Waals surface area contributed by atoms with Gasteiger partial charge < -0.3 is 5.32 Å². The minimum absolute atomic E-state index is 0. The smallest absolute Gasteiger partial charge is 0.293 e. The summed E-state index contributed by atoms with van der Waals surface area (Å²) in [4.78, 5) is 11.3. The van der Waals surface area contributed by atoms with E-state index in [1.807, 2.05) is 30.3 Å². The third-order valence-corrected chi connectivity index (χ3v) is 4.85. The normalized spacial score (nSPS) is 10.7. The van der Waals surface area contributed by atoms with Crippen LogP contribution in [0.5, 0.6) is 0 Å². The van der Waals surface area contributed by atoms with Crippen LogP contribution in [0.25, 0.3) is 0 Å². The van der Waals surface area contributed by atoms with Gasteiger partial charge in [0.25, 0.3) is 5.69 Å². The zero-order chi connectivity index (χ0) is 16.9. The summed E-state index contributed by atoms with van der Waals surface area (Å²) in [6.45, 7) is 0.495. The van der Waals surface area contributed by atoms with Crippen LogP contribution in [-0.2, 0) is 10.0 Å². The molecule has 2 rings (SSSR count). The summed E-state index contributed by atoms with van der Waals surface area (Å²) in [6, 6.07) is 13.3. The number of thioether (sulfide) groups is 1. The standard InChI is InChI=1S/C14H15N3O4S2.ClH/c15-23(20,21)12-6-7-13(14(10-12)17(18)19)16-8-9-22-11-4-2-1-3-5-11;/h1-7,10,16H,8-9H2,(H2,15,20,21);1H. The number of primary sulfonamides is 1. The van der Waals surface area contributed by atoms with Crippen molar-refractivity contribution in [2.75, 3.05) is 17.6 Å². The fraction of sp³-hybridized carbons (Fsp3) is 0.143. The van der Waals surface area contributed by atoms with Crippen LogP contribution in [0.4, 0.5) is 11.4 Å². The second-order valence-corrected chi connectivity index (χ2v) is 7.30. The number of nitrogens with zero attached hydrogens (tertiary/aromatic N) is 1. The van der Waals surface area contributed by atoms with Crippen molar-refractivity contribution in [3.05, 3.63) is 58.6 Å². The monoisotopic (exact) mass is 389 g/mol. The van der Waals surface area contributed by atoms with E-state index in [2.05, 4.69) is 5.32 Å². The molecule has 0 spiro atoms. The Morgan fingerprint density at radius 1 is 1.17 bits per heavy atom. The molecule has 2 aromatic rings. The number of hydrogen-bond donors (Lipinski definition) is 2. The molecule has 24 heavy (non-hydrogen) atoms. The molecule has 0 saturated heterocycles. The lowest BCUT2D eigenvalue weighted by atomic mass is 10.2. The molecule has 0 heterocycles. The molecule has 0 aromatic heterocycles. The minimum Gasteiger partial charge on any atom is -0.379 e. The maximum Gasteiger partial charge on any atom is 0.293 e. The lowest BCUT2D eigenvalue weighted by Gasteiger charge is -2.08. The van der Waals surface area contributed by atoms with Crippen LogP contribution in [0.3, 0.4) is 0 Å². The SMILES string of the molecule is Cl.NS(=O)(=O)c1ccc(NCCSc2ccccc2)c([N+](=O)[O-])c1. The number of anilines is 1. The highest BCUT2D eigenvalue weighted by Gasteiger charge is 2.18. The van der Waals surface area contributed by atoms with E-state index >= 15 is 0 Å². The van der Waals surface area contributed by atoms with E-state index in [4.69, 9.17) is 5.14 Å².